The van der Waals surface area contributed by atoms with Crippen LogP contribution in [0.1, 0.15) is 25.1 Å². The Hall–Kier alpha value is -3.23. The standard InChI is InChI=1S/C22H27N5O3/c1-27(16-10-12-17(30-2)13-11-16)22-18-7-3-4-8-19(18)24-20(25-22)15-23-14-6-5-9-21(28)26-29/h3-4,7-8,10-13,23,29H,5-6,9,14-15H2,1-2H3,(H,26,28). The maximum absolute atomic E-state index is 11.0. The molecule has 0 fully saturated rings. The van der Waals surface area contributed by atoms with Crippen molar-refractivity contribution in [2.45, 2.75) is 25.8 Å². The largest absolute Gasteiger partial charge is 0.497 e. The van der Waals surface area contributed by atoms with Crippen LogP contribution in [0, 0.1) is 0 Å². The molecule has 0 aliphatic carbocycles. The van der Waals surface area contributed by atoms with E-state index in [9.17, 15) is 4.79 Å². The van der Waals surface area contributed by atoms with Crippen molar-refractivity contribution in [3.63, 3.8) is 0 Å². The lowest BCUT2D eigenvalue weighted by atomic mass is 10.2. The minimum Gasteiger partial charge on any atom is -0.497 e. The third-order valence-electron chi connectivity index (χ3n) is 4.82. The van der Waals surface area contributed by atoms with E-state index in [-0.39, 0.29) is 5.91 Å². The molecule has 0 radical (unpaired) electrons. The van der Waals surface area contributed by atoms with Crippen molar-refractivity contribution in [2.75, 3.05) is 25.6 Å². The van der Waals surface area contributed by atoms with Crippen molar-refractivity contribution in [3.8, 4) is 5.75 Å². The number of carbonyl (C=O) groups is 1. The summed E-state index contributed by atoms with van der Waals surface area (Å²) in [5.74, 6) is 1.99. The molecular formula is C22H27N5O3. The van der Waals surface area contributed by atoms with Crippen LogP contribution in [-0.4, -0.2) is 41.8 Å². The lowest BCUT2D eigenvalue weighted by Crippen LogP contribution is -2.20. The van der Waals surface area contributed by atoms with Gasteiger partial charge in [-0.2, -0.15) is 0 Å². The average Bonchev–Trinajstić information content (AvgIpc) is 2.80. The zero-order valence-corrected chi connectivity index (χ0v) is 17.3. The molecule has 0 bridgehead atoms. The summed E-state index contributed by atoms with van der Waals surface area (Å²) in [6.07, 6.45) is 1.82. The maximum atomic E-state index is 11.0. The molecule has 1 amide bonds. The van der Waals surface area contributed by atoms with E-state index in [1.807, 2.05) is 60.5 Å². The first-order valence-corrected chi connectivity index (χ1v) is 9.89. The number of nitrogens with one attached hydrogen (secondary N) is 2. The summed E-state index contributed by atoms with van der Waals surface area (Å²) in [5, 5.41) is 12.8. The van der Waals surface area contributed by atoms with E-state index >= 15 is 0 Å². The number of anilines is 2. The Bertz CT molecular complexity index is 978. The van der Waals surface area contributed by atoms with Crippen LogP contribution in [0.25, 0.3) is 10.9 Å². The molecule has 30 heavy (non-hydrogen) atoms. The summed E-state index contributed by atoms with van der Waals surface area (Å²) in [4.78, 5) is 22.6. The van der Waals surface area contributed by atoms with Crippen LogP contribution in [0.2, 0.25) is 0 Å². The molecule has 158 valence electrons. The monoisotopic (exact) mass is 409 g/mol. The number of hydrogen-bond acceptors (Lipinski definition) is 7. The Labute approximate surface area is 175 Å². The van der Waals surface area contributed by atoms with Crippen molar-refractivity contribution < 1.29 is 14.7 Å². The van der Waals surface area contributed by atoms with Crippen molar-refractivity contribution >= 4 is 28.3 Å². The van der Waals surface area contributed by atoms with Gasteiger partial charge < -0.3 is 15.0 Å². The molecule has 0 saturated heterocycles. The van der Waals surface area contributed by atoms with Crippen LogP contribution >= 0.6 is 0 Å². The molecule has 2 aromatic carbocycles. The Morgan fingerprint density at radius 3 is 2.60 bits per heavy atom. The number of benzene rings is 2. The van der Waals surface area contributed by atoms with Gasteiger partial charge in [-0.1, -0.05) is 12.1 Å². The second-order valence-electron chi connectivity index (χ2n) is 6.91. The van der Waals surface area contributed by atoms with Crippen molar-refractivity contribution in [1.82, 2.24) is 20.8 Å². The van der Waals surface area contributed by atoms with Gasteiger partial charge in [0.25, 0.3) is 0 Å². The fourth-order valence-electron chi connectivity index (χ4n) is 3.16. The van der Waals surface area contributed by atoms with Crippen molar-refractivity contribution in [3.05, 3.63) is 54.4 Å². The van der Waals surface area contributed by atoms with Gasteiger partial charge in [0.05, 0.1) is 19.2 Å². The first-order chi connectivity index (χ1) is 14.6. The Kier molecular flexibility index (Phi) is 7.53. The van der Waals surface area contributed by atoms with E-state index < -0.39 is 0 Å². The predicted molar refractivity (Wildman–Crippen MR) is 116 cm³/mol. The number of nitrogens with zero attached hydrogens (tertiary/aromatic N) is 3. The van der Waals surface area contributed by atoms with Gasteiger partial charge in [0.15, 0.2) is 0 Å². The topological polar surface area (TPSA) is 99.6 Å². The van der Waals surface area contributed by atoms with Gasteiger partial charge in [-0.05, 0) is 55.8 Å². The number of carbonyl (C=O) groups excluding carboxylic acids is 1. The van der Waals surface area contributed by atoms with Gasteiger partial charge in [-0.15, -0.1) is 0 Å². The van der Waals surface area contributed by atoms with E-state index in [2.05, 4.69) is 10.3 Å². The molecule has 0 saturated carbocycles. The Morgan fingerprint density at radius 2 is 1.87 bits per heavy atom. The third kappa shape index (κ3) is 5.43. The van der Waals surface area contributed by atoms with E-state index in [0.717, 1.165) is 41.1 Å². The first-order valence-electron chi connectivity index (χ1n) is 9.89. The zero-order valence-electron chi connectivity index (χ0n) is 17.3. The lowest BCUT2D eigenvalue weighted by molar-refractivity contribution is -0.129. The van der Waals surface area contributed by atoms with Gasteiger partial charge in [0.2, 0.25) is 5.91 Å². The summed E-state index contributed by atoms with van der Waals surface area (Å²) < 4.78 is 5.25. The minimum absolute atomic E-state index is 0.307. The van der Waals surface area contributed by atoms with E-state index in [4.69, 9.17) is 14.9 Å². The summed E-state index contributed by atoms with van der Waals surface area (Å²) >= 11 is 0. The van der Waals surface area contributed by atoms with Gasteiger partial charge in [0, 0.05) is 24.5 Å². The van der Waals surface area contributed by atoms with Crippen LogP contribution < -0.4 is 20.4 Å². The van der Waals surface area contributed by atoms with Crippen LogP contribution in [0.15, 0.2) is 48.5 Å². The number of hydroxylamine groups is 1. The van der Waals surface area contributed by atoms with Crippen molar-refractivity contribution in [1.29, 1.82) is 0 Å². The lowest BCUT2D eigenvalue weighted by Gasteiger charge is -2.21. The molecule has 0 spiro atoms. The Morgan fingerprint density at radius 1 is 1.10 bits per heavy atom. The molecule has 0 unspecified atom stereocenters. The van der Waals surface area contributed by atoms with E-state index in [1.165, 1.54) is 0 Å². The number of amides is 1. The number of aromatic nitrogens is 2. The van der Waals surface area contributed by atoms with Gasteiger partial charge >= 0.3 is 0 Å². The number of rotatable bonds is 10. The van der Waals surface area contributed by atoms with Crippen LogP contribution in [0.3, 0.4) is 0 Å². The summed E-state index contributed by atoms with van der Waals surface area (Å²) in [7, 11) is 3.64. The highest BCUT2D eigenvalue weighted by Gasteiger charge is 2.13. The van der Waals surface area contributed by atoms with Crippen LogP contribution in [0.4, 0.5) is 11.5 Å². The molecule has 1 heterocycles. The fraction of sp³-hybridized carbons (Fsp3) is 0.318. The number of hydrogen-bond donors (Lipinski definition) is 3. The molecule has 8 nitrogen and oxygen atoms in total. The predicted octanol–water partition coefficient (Wildman–Crippen LogP) is 3.17. The molecule has 3 N–H and O–H groups in total. The summed E-state index contributed by atoms with van der Waals surface area (Å²) in [6, 6.07) is 15.8. The summed E-state index contributed by atoms with van der Waals surface area (Å²) in [6.45, 7) is 1.26. The van der Waals surface area contributed by atoms with Gasteiger partial charge in [0.1, 0.15) is 17.4 Å². The van der Waals surface area contributed by atoms with E-state index in [1.54, 1.807) is 12.6 Å². The minimum atomic E-state index is -0.362. The normalized spacial score (nSPS) is 10.8. The zero-order chi connectivity index (χ0) is 21.3. The average molecular weight is 409 g/mol. The fourth-order valence-corrected chi connectivity index (χ4v) is 3.16. The molecular weight excluding hydrogens is 382 g/mol. The number of methoxy groups -OCH3 is 1. The smallest absolute Gasteiger partial charge is 0.243 e. The van der Waals surface area contributed by atoms with Crippen molar-refractivity contribution in [2.24, 2.45) is 0 Å². The van der Waals surface area contributed by atoms with E-state index in [0.29, 0.717) is 25.2 Å². The molecule has 0 aliphatic rings. The third-order valence-corrected chi connectivity index (χ3v) is 4.82. The van der Waals surface area contributed by atoms with Gasteiger partial charge in [-0.25, -0.2) is 15.4 Å². The highest BCUT2D eigenvalue weighted by atomic mass is 16.5. The molecule has 0 aliphatic heterocycles. The molecule has 0 atom stereocenters. The SMILES string of the molecule is COc1ccc(N(C)c2nc(CNCCCCC(=O)NO)nc3ccccc23)cc1. The number of ether oxygens (including phenoxy) is 1. The number of fused-ring (bicyclic) bond motifs is 1. The highest BCUT2D eigenvalue weighted by molar-refractivity contribution is 5.91. The molecule has 3 rings (SSSR count). The second-order valence-corrected chi connectivity index (χ2v) is 6.91. The summed E-state index contributed by atoms with van der Waals surface area (Å²) in [5.41, 5.74) is 3.53. The quantitative estimate of drug-likeness (QED) is 0.269. The highest BCUT2D eigenvalue weighted by Crippen LogP contribution is 2.29. The van der Waals surface area contributed by atoms with Crippen LogP contribution in [-0.2, 0) is 11.3 Å². The maximum Gasteiger partial charge on any atom is 0.243 e. The second kappa shape index (κ2) is 10.5. The number of unbranched alkanes of at least 4 members (excludes halogenated alkanes) is 1. The molecule has 1 aromatic heterocycles. The Balaban J connectivity index is 1.73. The number of para-hydroxylation sites is 1. The van der Waals surface area contributed by atoms with Gasteiger partial charge in [-0.3, -0.25) is 10.0 Å². The molecule has 3 aromatic rings. The molecule has 8 heteroatoms. The van der Waals surface area contributed by atoms with Crippen LogP contribution in [0.5, 0.6) is 5.75 Å². The first kappa shape index (κ1) is 21.5.